The van der Waals surface area contributed by atoms with Gasteiger partial charge in [0.15, 0.2) is 0 Å². The number of hydrogen-bond acceptors (Lipinski definition) is 4. The lowest BCUT2D eigenvalue weighted by molar-refractivity contribution is 0.0735. The largest absolute Gasteiger partial charge is 0.494 e. The number of hydrogen-bond donors (Lipinski definition) is 0. The molecule has 1 aliphatic rings. The summed E-state index contributed by atoms with van der Waals surface area (Å²) in [7, 11) is 1.96. The summed E-state index contributed by atoms with van der Waals surface area (Å²) >= 11 is 13.6. The number of nitrogens with zero attached hydrogens (tertiary/aromatic N) is 5. The predicted octanol–water partition coefficient (Wildman–Crippen LogP) is 9.91. The number of anilines is 1. The van der Waals surface area contributed by atoms with Gasteiger partial charge in [0.05, 0.1) is 22.8 Å². The van der Waals surface area contributed by atoms with Gasteiger partial charge in [-0.15, -0.1) is 0 Å². The molecule has 0 atom stereocenters. The maximum Gasteiger partial charge on any atom is 0.270 e. The van der Waals surface area contributed by atoms with Gasteiger partial charge in [-0.3, -0.25) is 9.48 Å². The zero-order chi connectivity index (χ0) is 37.4. The summed E-state index contributed by atoms with van der Waals surface area (Å²) in [4.78, 5) is 19.5. The van der Waals surface area contributed by atoms with Crippen molar-refractivity contribution in [2.24, 2.45) is 7.05 Å². The van der Waals surface area contributed by atoms with Crippen molar-refractivity contribution in [1.82, 2.24) is 19.2 Å². The molecule has 9 heteroatoms. The molecule has 0 radical (unpaired) electrons. The molecule has 0 unspecified atom stereocenters. The van der Waals surface area contributed by atoms with Crippen molar-refractivity contribution < 1.29 is 9.53 Å². The number of carbonyl (C=O) groups is 1. The van der Waals surface area contributed by atoms with Gasteiger partial charge in [0.25, 0.3) is 5.91 Å². The smallest absolute Gasteiger partial charge is 0.270 e. The Kier molecular flexibility index (Phi) is 10.6. The van der Waals surface area contributed by atoms with E-state index in [1.54, 1.807) is 0 Å². The Morgan fingerprint density at radius 3 is 2.15 bits per heavy atom. The van der Waals surface area contributed by atoms with Gasteiger partial charge in [0.2, 0.25) is 0 Å². The lowest BCUT2D eigenvalue weighted by Crippen LogP contribution is -2.49. The molecule has 2 aromatic heterocycles. The van der Waals surface area contributed by atoms with Gasteiger partial charge in [-0.2, -0.15) is 5.10 Å². The number of piperazine rings is 1. The van der Waals surface area contributed by atoms with Crippen molar-refractivity contribution in [2.75, 3.05) is 37.7 Å². The molecule has 6 aromatic rings. The highest BCUT2D eigenvalue weighted by molar-refractivity contribution is 6.35. The van der Waals surface area contributed by atoms with Crippen molar-refractivity contribution >= 4 is 45.7 Å². The van der Waals surface area contributed by atoms with E-state index in [-0.39, 0.29) is 5.91 Å². The molecule has 1 saturated heterocycles. The number of amides is 1. The van der Waals surface area contributed by atoms with Crippen LogP contribution in [-0.4, -0.2) is 57.9 Å². The molecule has 4 aromatic carbocycles. The molecular weight excluding hydrogens is 701 g/mol. The number of carbonyl (C=O) groups excluding carboxylic acids is 1. The van der Waals surface area contributed by atoms with Crippen LogP contribution in [0.2, 0.25) is 10.0 Å². The van der Waals surface area contributed by atoms with E-state index in [0.29, 0.717) is 43.4 Å². The molecule has 0 bridgehead atoms. The number of aryl methyl sites for hydroxylation is 6. The van der Waals surface area contributed by atoms with Crippen LogP contribution in [0, 0.1) is 34.6 Å². The van der Waals surface area contributed by atoms with E-state index < -0.39 is 0 Å². The minimum absolute atomic E-state index is 0.0438. The summed E-state index contributed by atoms with van der Waals surface area (Å²) in [6, 6.07) is 27.0. The lowest BCUT2D eigenvalue weighted by Gasteiger charge is -2.36. The molecule has 0 saturated carbocycles. The van der Waals surface area contributed by atoms with Crippen LogP contribution >= 0.6 is 23.2 Å². The van der Waals surface area contributed by atoms with Crippen LogP contribution in [0.5, 0.6) is 5.75 Å². The summed E-state index contributed by atoms with van der Waals surface area (Å²) in [6.07, 6.45) is 1.37. The predicted molar refractivity (Wildman–Crippen MR) is 218 cm³/mol. The van der Waals surface area contributed by atoms with Crippen LogP contribution in [0.4, 0.5) is 5.69 Å². The number of aromatic nitrogens is 3. The zero-order valence-electron chi connectivity index (χ0n) is 31.5. The Balaban J connectivity index is 1.33. The first-order valence-corrected chi connectivity index (χ1v) is 19.2. The first-order valence-electron chi connectivity index (χ1n) is 18.4. The second kappa shape index (κ2) is 15.3. The topological polar surface area (TPSA) is 55.5 Å². The average molecular weight is 749 g/mol. The summed E-state index contributed by atoms with van der Waals surface area (Å²) < 4.78 is 10.4. The van der Waals surface area contributed by atoms with E-state index in [2.05, 4.69) is 77.9 Å². The highest BCUT2D eigenvalue weighted by atomic mass is 35.5. The summed E-state index contributed by atoms with van der Waals surface area (Å²) in [5.74, 6) is 0.845. The number of fused-ring (bicyclic) bond motifs is 1. The van der Waals surface area contributed by atoms with E-state index in [4.69, 9.17) is 33.0 Å². The lowest BCUT2D eigenvalue weighted by atomic mass is 9.98. The van der Waals surface area contributed by atoms with Gasteiger partial charge in [-0.05, 0) is 100 Å². The van der Waals surface area contributed by atoms with Crippen LogP contribution in [0.25, 0.3) is 22.0 Å². The van der Waals surface area contributed by atoms with Crippen LogP contribution in [0.15, 0.2) is 78.9 Å². The van der Waals surface area contributed by atoms with Crippen LogP contribution in [-0.2, 0) is 20.0 Å². The highest BCUT2D eigenvalue weighted by Gasteiger charge is 2.32. The molecule has 0 spiro atoms. The molecule has 1 amide bonds. The van der Waals surface area contributed by atoms with Crippen LogP contribution < -0.4 is 9.64 Å². The maximum absolute atomic E-state index is 15.1. The fourth-order valence-electron chi connectivity index (χ4n) is 7.79. The molecule has 7 rings (SSSR count). The Bertz CT molecular complexity index is 2260. The molecule has 3 heterocycles. The van der Waals surface area contributed by atoms with Crippen molar-refractivity contribution in [3.63, 3.8) is 0 Å². The van der Waals surface area contributed by atoms with Crippen LogP contribution in [0.3, 0.4) is 0 Å². The summed E-state index contributed by atoms with van der Waals surface area (Å²) in [5.41, 5.74) is 12.1. The van der Waals surface area contributed by atoms with Gasteiger partial charge in [-0.1, -0.05) is 77.3 Å². The molecule has 7 nitrogen and oxygen atoms in total. The first-order chi connectivity index (χ1) is 25.5. The number of benzene rings is 4. The van der Waals surface area contributed by atoms with Crippen molar-refractivity contribution in [1.29, 1.82) is 0 Å². The Labute approximate surface area is 322 Å². The van der Waals surface area contributed by atoms with E-state index in [1.807, 2.05) is 61.7 Å². The molecule has 53 heavy (non-hydrogen) atoms. The molecule has 1 aliphatic heterocycles. The van der Waals surface area contributed by atoms with Gasteiger partial charge >= 0.3 is 0 Å². The molecule has 1 fully saturated rings. The normalized spacial score (nSPS) is 13.3. The zero-order valence-corrected chi connectivity index (χ0v) is 33.0. The fraction of sp³-hybridized carbons (Fsp3) is 0.318. The molecule has 0 aliphatic carbocycles. The average Bonchev–Trinajstić information content (AvgIpc) is 3.59. The minimum Gasteiger partial charge on any atom is -0.494 e. The van der Waals surface area contributed by atoms with Crippen molar-refractivity contribution in [3.8, 4) is 16.9 Å². The Morgan fingerprint density at radius 2 is 1.51 bits per heavy atom. The van der Waals surface area contributed by atoms with E-state index in [0.717, 1.165) is 86.0 Å². The standard InChI is InChI=1S/C44H47Cl2N5O2/c1-28-14-16-34(17-15-28)49-20-22-50(23-21-49)44(52)43-36(13-10-24-53-35-25-29(2)41(46)30(3)26-35)37-18-19-38(45)40(39-31(4)47-48(6)32(39)5)42(37)51(43)27-33-11-8-7-9-12-33/h7-9,11-12,14-19,25-26H,10,13,20-24,27H2,1-6H3. The third kappa shape index (κ3) is 7.29. The Morgan fingerprint density at radius 1 is 0.830 bits per heavy atom. The Hall–Kier alpha value is -4.72. The van der Waals surface area contributed by atoms with Gasteiger partial charge in [0.1, 0.15) is 11.4 Å². The van der Waals surface area contributed by atoms with Gasteiger partial charge in [-0.25, -0.2) is 0 Å². The monoisotopic (exact) mass is 747 g/mol. The SMILES string of the molecule is Cc1ccc(N2CCN(C(=O)c3c(CCCOc4cc(C)c(Cl)c(C)c4)c4ccc(Cl)c(-c5c(C)nn(C)c5C)c4n3Cc3ccccc3)CC2)cc1. The first kappa shape index (κ1) is 36.6. The second-order valence-corrected chi connectivity index (χ2v) is 15.1. The minimum atomic E-state index is 0.0438. The van der Waals surface area contributed by atoms with Crippen LogP contribution in [0.1, 0.15) is 56.1 Å². The van der Waals surface area contributed by atoms with Crippen molar-refractivity contribution in [3.05, 3.63) is 134 Å². The fourth-order valence-corrected chi connectivity index (χ4v) is 8.15. The number of ether oxygens (including phenoxy) is 1. The molecular formula is C44H47Cl2N5O2. The maximum atomic E-state index is 15.1. The van der Waals surface area contributed by atoms with Gasteiger partial charge in [0, 0.05) is 72.7 Å². The third-order valence-electron chi connectivity index (χ3n) is 10.6. The molecule has 0 N–H and O–H groups in total. The number of halogens is 2. The highest BCUT2D eigenvalue weighted by Crippen LogP contribution is 2.43. The van der Waals surface area contributed by atoms with E-state index in [1.165, 1.54) is 11.3 Å². The van der Waals surface area contributed by atoms with Crippen molar-refractivity contribution in [2.45, 2.75) is 54.0 Å². The van der Waals surface area contributed by atoms with E-state index in [9.17, 15) is 0 Å². The quantitative estimate of drug-likeness (QED) is 0.131. The molecule has 274 valence electrons. The second-order valence-electron chi connectivity index (χ2n) is 14.3. The summed E-state index contributed by atoms with van der Waals surface area (Å²) in [6.45, 7) is 14.0. The number of rotatable bonds is 10. The third-order valence-corrected chi connectivity index (χ3v) is 11.5. The van der Waals surface area contributed by atoms with Gasteiger partial charge < -0.3 is 19.1 Å². The van der Waals surface area contributed by atoms with E-state index >= 15 is 4.79 Å². The summed E-state index contributed by atoms with van der Waals surface area (Å²) in [5, 5.41) is 7.21.